The Balaban J connectivity index is 1.09. The number of nitrogens with one attached hydrogen (secondary N) is 1. The lowest BCUT2D eigenvalue weighted by atomic mass is 9.80. The Kier molecular flexibility index (Phi) is 14.5. The number of rotatable bonds is 18. The molecule has 0 spiro atoms. The molecule has 1 fully saturated rings. The van der Waals surface area contributed by atoms with Gasteiger partial charge in [0.1, 0.15) is 48.5 Å². The number of benzene rings is 5. The number of halogens is 2. The van der Waals surface area contributed by atoms with Crippen LogP contribution in [-0.4, -0.2) is 94.3 Å². The number of carbonyl (C=O) groups is 2. The van der Waals surface area contributed by atoms with E-state index in [1.54, 1.807) is 74.4 Å². The highest BCUT2D eigenvalue weighted by atomic mass is 35.5. The van der Waals surface area contributed by atoms with Gasteiger partial charge < -0.3 is 43.7 Å². The third-order valence-corrected chi connectivity index (χ3v) is 11.7. The van der Waals surface area contributed by atoms with Crippen LogP contribution in [0.5, 0.6) is 11.5 Å². The number of aliphatic hydroxyl groups is 1. The van der Waals surface area contributed by atoms with E-state index in [2.05, 4.69) is 20.3 Å². The van der Waals surface area contributed by atoms with E-state index in [-0.39, 0.29) is 31.7 Å². The molecule has 0 aliphatic carbocycles. The highest BCUT2D eigenvalue weighted by molar-refractivity contribution is 6.54. The highest BCUT2D eigenvalue weighted by Crippen LogP contribution is 2.43. The molecule has 66 heavy (non-hydrogen) atoms. The van der Waals surface area contributed by atoms with Crippen LogP contribution in [0.15, 0.2) is 146 Å². The van der Waals surface area contributed by atoms with Gasteiger partial charge in [0.05, 0.1) is 33.8 Å². The first-order valence-corrected chi connectivity index (χ1v) is 21.7. The molecule has 7 aromatic rings. The SMILES string of the molecule is COc1ccc(C(OC[C@H]2O[C@@H](n3cnc4c(NC(=O)c5ccccc5)ncnc43)[C@H](OCOCc3ccc(N(C)C(=O)C(Cl)Cl)cc3)[C@@H]2O)(c2ccccc2)c2ccc(OC)cc2)cc1. The highest BCUT2D eigenvalue weighted by Gasteiger charge is 2.48. The molecule has 2 N–H and O–H groups in total. The number of alkyl halides is 2. The van der Waals surface area contributed by atoms with Crippen molar-refractivity contribution in [2.45, 2.75) is 41.6 Å². The monoisotopic (exact) mass is 932 g/mol. The van der Waals surface area contributed by atoms with E-state index in [0.717, 1.165) is 22.3 Å². The Labute approximate surface area is 390 Å². The summed E-state index contributed by atoms with van der Waals surface area (Å²) < 4.78 is 38.8. The predicted molar refractivity (Wildman–Crippen MR) is 248 cm³/mol. The first kappa shape index (κ1) is 46.1. The summed E-state index contributed by atoms with van der Waals surface area (Å²) >= 11 is 11.6. The topological polar surface area (TPSA) is 169 Å². The van der Waals surface area contributed by atoms with Crippen molar-refractivity contribution < 1.29 is 43.1 Å². The first-order valence-electron chi connectivity index (χ1n) is 20.8. The molecule has 0 bridgehead atoms. The van der Waals surface area contributed by atoms with Gasteiger partial charge in [-0.15, -0.1) is 0 Å². The number of fused-ring (bicyclic) bond motifs is 1. The van der Waals surface area contributed by atoms with Gasteiger partial charge in [-0.25, -0.2) is 15.0 Å². The minimum Gasteiger partial charge on any atom is -0.497 e. The summed E-state index contributed by atoms with van der Waals surface area (Å²) in [5, 5.41) is 15.1. The van der Waals surface area contributed by atoms with Crippen LogP contribution in [0.4, 0.5) is 11.5 Å². The minimum atomic E-state index is -1.27. The lowest BCUT2D eigenvalue weighted by molar-refractivity contribution is -0.142. The second kappa shape index (κ2) is 20.8. The van der Waals surface area contributed by atoms with Crippen LogP contribution in [0.25, 0.3) is 11.2 Å². The Morgan fingerprint density at radius 1 is 0.818 bits per heavy atom. The van der Waals surface area contributed by atoms with Crippen molar-refractivity contribution in [1.82, 2.24) is 19.5 Å². The van der Waals surface area contributed by atoms with Crippen LogP contribution in [-0.2, 0) is 35.9 Å². The van der Waals surface area contributed by atoms with Gasteiger partial charge in [0.25, 0.3) is 11.8 Å². The first-order chi connectivity index (χ1) is 32.1. The van der Waals surface area contributed by atoms with Crippen molar-refractivity contribution in [2.75, 3.05) is 44.9 Å². The standard InChI is InChI=1S/C49H46Cl2N6O9/c1-56(47(60)43(50)51)36-20-14-31(15-21-36)26-63-30-64-42-41(58)39(66-48(42)57-29-54-40-44(52-28-53-45(40)57)55-46(59)32-10-6-4-7-11-32)27-65-49(33-12-8-5-9-13-33,34-16-22-37(61-2)23-17-34)35-18-24-38(62-3)25-19-35/h4-25,28-29,39,41-43,48,58H,26-27,30H2,1-3H3,(H,52,53,55,59)/t39-,41-,42-,48-/m1/s1. The third kappa shape index (κ3) is 9.73. The van der Waals surface area contributed by atoms with Gasteiger partial charge in [-0.3, -0.25) is 14.2 Å². The van der Waals surface area contributed by atoms with Crippen molar-refractivity contribution in [3.8, 4) is 11.5 Å². The molecule has 17 heteroatoms. The molecular weight excluding hydrogens is 887 g/mol. The fraction of sp³-hybridized carbons (Fsp3) is 0.245. The molecule has 2 aromatic heterocycles. The van der Waals surface area contributed by atoms with Crippen LogP contribution >= 0.6 is 23.2 Å². The zero-order chi connectivity index (χ0) is 46.2. The smallest absolute Gasteiger partial charge is 0.260 e. The number of methoxy groups -OCH3 is 2. The largest absolute Gasteiger partial charge is 0.497 e. The van der Waals surface area contributed by atoms with E-state index < -0.39 is 40.9 Å². The predicted octanol–water partition coefficient (Wildman–Crippen LogP) is 7.69. The maximum Gasteiger partial charge on any atom is 0.260 e. The summed E-state index contributed by atoms with van der Waals surface area (Å²) in [7, 11) is 4.80. The molecule has 8 rings (SSSR count). The van der Waals surface area contributed by atoms with E-state index in [1.165, 1.54) is 17.6 Å². The van der Waals surface area contributed by atoms with E-state index >= 15 is 0 Å². The number of anilines is 2. The average molecular weight is 934 g/mol. The minimum absolute atomic E-state index is 0.122. The van der Waals surface area contributed by atoms with Crippen LogP contribution in [0.2, 0.25) is 0 Å². The molecular formula is C49H46Cl2N6O9. The van der Waals surface area contributed by atoms with Crippen molar-refractivity contribution in [3.63, 3.8) is 0 Å². The Morgan fingerprint density at radius 3 is 2.03 bits per heavy atom. The Hall–Kier alpha value is -6.43. The van der Waals surface area contributed by atoms with E-state index in [4.69, 9.17) is 51.6 Å². The number of aromatic nitrogens is 4. The van der Waals surface area contributed by atoms with E-state index in [1.807, 2.05) is 84.9 Å². The lowest BCUT2D eigenvalue weighted by Crippen LogP contribution is -2.40. The molecule has 0 saturated carbocycles. The molecule has 5 aromatic carbocycles. The van der Waals surface area contributed by atoms with Gasteiger partial charge in [-0.1, -0.05) is 108 Å². The van der Waals surface area contributed by atoms with Crippen LogP contribution in [0, 0.1) is 0 Å². The molecule has 2 amide bonds. The molecule has 15 nitrogen and oxygen atoms in total. The summed E-state index contributed by atoms with van der Waals surface area (Å²) in [5.41, 5.74) is 3.63. The average Bonchev–Trinajstić information content (AvgIpc) is 3.94. The molecule has 4 atom stereocenters. The molecule has 1 aliphatic rings. The van der Waals surface area contributed by atoms with Gasteiger partial charge in [0.2, 0.25) is 0 Å². The second-order valence-electron chi connectivity index (χ2n) is 15.2. The molecule has 0 unspecified atom stereocenters. The zero-order valence-electron chi connectivity index (χ0n) is 36.1. The summed E-state index contributed by atoms with van der Waals surface area (Å²) in [6, 6.07) is 40.9. The molecule has 340 valence electrons. The van der Waals surface area contributed by atoms with Crippen molar-refractivity contribution in [1.29, 1.82) is 0 Å². The van der Waals surface area contributed by atoms with Gasteiger partial charge in [0.15, 0.2) is 28.0 Å². The van der Waals surface area contributed by atoms with Crippen LogP contribution in [0.3, 0.4) is 0 Å². The normalized spacial score (nSPS) is 17.2. The quantitative estimate of drug-likeness (QED) is 0.0373. The molecule has 0 radical (unpaired) electrons. The number of ether oxygens (including phenoxy) is 6. The Morgan fingerprint density at radius 2 is 1.42 bits per heavy atom. The fourth-order valence-corrected chi connectivity index (χ4v) is 8.11. The summed E-state index contributed by atoms with van der Waals surface area (Å²) in [4.78, 5) is 39.1. The number of nitrogens with zero attached hydrogens (tertiary/aromatic N) is 5. The van der Waals surface area contributed by atoms with Gasteiger partial charge >= 0.3 is 0 Å². The Bertz CT molecular complexity index is 2660. The molecule has 1 aliphatic heterocycles. The lowest BCUT2D eigenvalue weighted by Gasteiger charge is -2.37. The summed E-state index contributed by atoms with van der Waals surface area (Å²) in [6.07, 6.45) is -1.48. The summed E-state index contributed by atoms with van der Waals surface area (Å²) in [6.45, 7) is -0.231. The van der Waals surface area contributed by atoms with Gasteiger partial charge in [0, 0.05) is 18.3 Å². The van der Waals surface area contributed by atoms with E-state index in [0.29, 0.717) is 33.9 Å². The van der Waals surface area contributed by atoms with Crippen molar-refractivity contribution in [3.05, 3.63) is 174 Å². The van der Waals surface area contributed by atoms with Crippen LogP contribution < -0.4 is 19.7 Å². The fourth-order valence-electron chi connectivity index (χ4n) is 7.82. The number of hydrogen-bond donors (Lipinski definition) is 2. The summed E-state index contributed by atoms with van der Waals surface area (Å²) in [5.74, 6) is 0.692. The maximum atomic E-state index is 13.2. The van der Waals surface area contributed by atoms with Crippen LogP contribution in [0.1, 0.15) is 38.8 Å². The zero-order valence-corrected chi connectivity index (χ0v) is 37.6. The maximum absolute atomic E-state index is 13.2. The van der Waals surface area contributed by atoms with E-state index in [9.17, 15) is 14.7 Å². The molecule has 3 heterocycles. The van der Waals surface area contributed by atoms with Crippen molar-refractivity contribution in [2.24, 2.45) is 0 Å². The number of amides is 2. The van der Waals surface area contributed by atoms with Gasteiger partial charge in [-0.2, -0.15) is 0 Å². The number of carbonyl (C=O) groups excluding carboxylic acids is 2. The van der Waals surface area contributed by atoms with Gasteiger partial charge in [-0.05, 0) is 70.8 Å². The number of hydrogen-bond acceptors (Lipinski definition) is 12. The molecule has 1 saturated heterocycles. The number of imidazole rings is 1. The second-order valence-corrected chi connectivity index (χ2v) is 16.3. The van der Waals surface area contributed by atoms with Crippen molar-refractivity contribution >= 4 is 57.7 Å². The number of aliphatic hydroxyl groups excluding tert-OH is 1. The third-order valence-electron chi connectivity index (χ3n) is 11.3.